The Kier molecular flexibility index (Phi) is 7.89. The van der Waals surface area contributed by atoms with Gasteiger partial charge in [0.1, 0.15) is 0 Å². The summed E-state index contributed by atoms with van der Waals surface area (Å²) in [7, 11) is 0. The van der Waals surface area contributed by atoms with Crippen LogP contribution in [0.5, 0.6) is 0 Å². The summed E-state index contributed by atoms with van der Waals surface area (Å²) in [6, 6.07) is 18.7. The Morgan fingerprint density at radius 1 is 0.971 bits per heavy atom. The summed E-state index contributed by atoms with van der Waals surface area (Å²) in [4.78, 5) is 41.1. The lowest BCUT2D eigenvalue weighted by molar-refractivity contribution is -0.132. The number of nitrogens with zero attached hydrogens (tertiary/aromatic N) is 3. The second-order valence-electron chi connectivity index (χ2n) is 8.34. The SMILES string of the molecule is CCc1ccccc1NC(=O)CN1CCN(C(=O)CNC(=O)c2cc(-c3ccccc3)on2)CC1. The molecule has 0 radical (unpaired) electrons. The molecule has 1 aliphatic heterocycles. The molecule has 3 amide bonds. The normalized spacial score (nSPS) is 13.9. The number of para-hydroxylation sites is 1. The number of amides is 3. The molecule has 9 nitrogen and oxygen atoms in total. The first-order valence-electron chi connectivity index (χ1n) is 11.7. The number of piperazine rings is 1. The van der Waals surface area contributed by atoms with E-state index in [1.165, 1.54) is 0 Å². The Morgan fingerprint density at radius 2 is 1.69 bits per heavy atom. The predicted molar refractivity (Wildman–Crippen MR) is 132 cm³/mol. The van der Waals surface area contributed by atoms with Crippen molar-refractivity contribution in [3.63, 3.8) is 0 Å². The third kappa shape index (κ3) is 6.33. The fourth-order valence-electron chi connectivity index (χ4n) is 3.98. The summed E-state index contributed by atoms with van der Waals surface area (Å²) in [5.74, 6) is -0.223. The fraction of sp³-hybridized carbons (Fsp3) is 0.308. The van der Waals surface area contributed by atoms with Crippen LogP contribution in [0.3, 0.4) is 0 Å². The lowest BCUT2D eigenvalue weighted by Gasteiger charge is -2.34. The number of benzene rings is 2. The van der Waals surface area contributed by atoms with Crippen molar-refractivity contribution in [2.45, 2.75) is 13.3 Å². The molecule has 2 N–H and O–H groups in total. The molecule has 0 bridgehead atoms. The zero-order valence-corrected chi connectivity index (χ0v) is 19.7. The molecule has 2 heterocycles. The molecule has 0 spiro atoms. The largest absolute Gasteiger partial charge is 0.355 e. The van der Waals surface area contributed by atoms with Crippen LogP contribution < -0.4 is 10.6 Å². The summed E-state index contributed by atoms with van der Waals surface area (Å²) in [6.45, 7) is 4.37. The van der Waals surface area contributed by atoms with E-state index in [2.05, 4.69) is 22.7 Å². The first-order chi connectivity index (χ1) is 17.0. The Morgan fingerprint density at radius 3 is 2.43 bits per heavy atom. The average Bonchev–Trinajstić information content (AvgIpc) is 3.39. The fourth-order valence-corrected chi connectivity index (χ4v) is 3.98. The van der Waals surface area contributed by atoms with Gasteiger partial charge in [0, 0.05) is 43.5 Å². The van der Waals surface area contributed by atoms with Crippen LogP contribution >= 0.6 is 0 Å². The number of carbonyl (C=O) groups excluding carboxylic acids is 3. The number of aromatic nitrogens is 1. The number of rotatable bonds is 8. The van der Waals surface area contributed by atoms with Crippen LogP contribution in [0.2, 0.25) is 0 Å². The number of carbonyl (C=O) groups is 3. The number of hydrogen-bond acceptors (Lipinski definition) is 6. The van der Waals surface area contributed by atoms with Gasteiger partial charge in [-0.25, -0.2) is 0 Å². The maximum Gasteiger partial charge on any atom is 0.273 e. The summed E-state index contributed by atoms with van der Waals surface area (Å²) < 4.78 is 5.24. The van der Waals surface area contributed by atoms with Crippen molar-refractivity contribution in [2.24, 2.45) is 0 Å². The minimum atomic E-state index is -0.466. The summed E-state index contributed by atoms with van der Waals surface area (Å²) >= 11 is 0. The van der Waals surface area contributed by atoms with Gasteiger partial charge in [-0.15, -0.1) is 0 Å². The lowest BCUT2D eigenvalue weighted by Crippen LogP contribution is -2.52. The first kappa shape index (κ1) is 24.2. The highest BCUT2D eigenvalue weighted by molar-refractivity contribution is 5.95. The molecule has 9 heteroatoms. The van der Waals surface area contributed by atoms with Crippen LogP contribution in [0.4, 0.5) is 5.69 Å². The molecule has 0 aliphatic carbocycles. The van der Waals surface area contributed by atoms with Crippen LogP contribution in [0.15, 0.2) is 65.2 Å². The van der Waals surface area contributed by atoms with Crippen molar-refractivity contribution >= 4 is 23.4 Å². The Hall–Kier alpha value is -3.98. The molecule has 1 aromatic heterocycles. The van der Waals surface area contributed by atoms with Crippen LogP contribution in [-0.2, 0) is 16.0 Å². The van der Waals surface area contributed by atoms with Gasteiger partial charge < -0.3 is 20.1 Å². The van der Waals surface area contributed by atoms with Crippen LogP contribution in [-0.4, -0.2) is 71.9 Å². The van der Waals surface area contributed by atoms with Gasteiger partial charge in [0.25, 0.3) is 5.91 Å². The van der Waals surface area contributed by atoms with E-state index in [1.807, 2.05) is 59.5 Å². The van der Waals surface area contributed by atoms with E-state index in [0.29, 0.717) is 31.9 Å². The number of hydrogen-bond donors (Lipinski definition) is 2. The topological polar surface area (TPSA) is 108 Å². The molecule has 1 aliphatic rings. The van der Waals surface area contributed by atoms with Crippen molar-refractivity contribution < 1.29 is 18.9 Å². The zero-order valence-electron chi connectivity index (χ0n) is 19.7. The third-order valence-corrected chi connectivity index (χ3v) is 5.97. The van der Waals surface area contributed by atoms with Crippen molar-refractivity contribution in [3.8, 4) is 11.3 Å². The maximum atomic E-state index is 12.6. The first-order valence-corrected chi connectivity index (χ1v) is 11.7. The van der Waals surface area contributed by atoms with Gasteiger partial charge >= 0.3 is 0 Å². The van der Waals surface area contributed by atoms with Crippen molar-refractivity contribution in [2.75, 3.05) is 44.6 Å². The molecular formula is C26H29N5O4. The number of aryl methyl sites for hydroxylation is 1. The van der Waals surface area contributed by atoms with E-state index in [9.17, 15) is 14.4 Å². The zero-order chi connectivity index (χ0) is 24.6. The molecule has 0 atom stereocenters. The van der Waals surface area contributed by atoms with Gasteiger partial charge in [-0.2, -0.15) is 0 Å². The molecule has 0 saturated carbocycles. The highest BCUT2D eigenvalue weighted by atomic mass is 16.5. The minimum Gasteiger partial charge on any atom is -0.355 e. The van der Waals surface area contributed by atoms with Gasteiger partial charge in [0.2, 0.25) is 11.8 Å². The third-order valence-electron chi connectivity index (χ3n) is 5.97. The smallest absolute Gasteiger partial charge is 0.273 e. The van der Waals surface area contributed by atoms with E-state index in [-0.39, 0.29) is 30.6 Å². The lowest BCUT2D eigenvalue weighted by atomic mass is 10.1. The molecule has 1 fully saturated rings. The standard InChI is InChI=1S/C26H29N5O4/c1-2-19-8-6-7-11-21(19)28-24(32)18-30-12-14-31(15-13-30)25(33)17-27-26(34)22-16-23(35-29-22)20-9-4-3-5-10-20/h3-11,16H,2,12-15,17-18H2,1H3,(H,27,34)(H,28,32). The van der Waals surface area contributed by atoms with Gasteiger partial charge in [-0.3, -0.25) is 19.3 Å². The monoisotopic (exact) mass is 475 g/mol. The van der Waals surface area contributed by atoms with Crippen LogP contribution in [0.1, 0.15) is 23.0 Å². The highest BCUT2D eigenvalue weighted by Gasteiger charge is 2.23. The minimum absolute atomic E-state index is 0.0691. The van der Waals surface area contributed by atoms with Gasteiger partial charge in [-0.05, 0) is 18.1 Å². The van der Waals surface area contributed by atoms with E-state index >= 15 is 0 Å². The molecule has 3 aromatic rings. The number of nitrogens with one attached hydrogen (secondary N) is 2. The van der Waals surface area contributed by atoms with Crippen molar-refractivity contribution in [1.82, 2.24) is 20.3 Å². The van der Waals surface area contributed by atoms with Crippen molar-refractivity contribution in [1.29, 1.82) is 0 Å². The van der Waals surface area contributed by atoms with Gasteiger partial charge in [0.05, 0.1) is 13.1 Å². The molecule has 1 saturated heterocycles. The molecular weight excluding hydrogens is 446 g/mol. The van der Waals surface area contributed by atoms with Crippen molar-refractivity contribution in [3.05, 3.63) is 71.9 Å². The summed E-state index contributed by atoms with van der Waals surface area (Å²) in [5, 5.41) is 9.40. The summed E-state index contributed by atoms with van der Waals surface area (Å²) in [5.41, 5.74) is 2.88. The van der Waals surface area contributed by atoms with E-state index < -0.39 is 5.91 Å². The number of anilines is 1. The average molecular weight is 476 g/mol. The molecule has 35 heavy (non-hydrogen) atoms. The van der Waals surface area contributed by atoms with E-state index in [4.69, 9.17) is 4.52 Å². The Bertz CT molecular complexity index is 1170. The molecule has 4 rings (SSSR count). The second-order valence-corrected chi connectivity index (χ2v) is 8.34. The van der Waals surface area contributed by atoms with Crippen LogP contribution in [0.25, 0.3) is 11.3 Å². The highest BCUT2D eigenvalue weighted by Crippen LogP contribution is 2.19. The Labute approximate surface area is 204 Å². The quantitative estimate of drug-likeness (QED) is 0.518. The maximum absolute atomic E-state index is 12.6. The second kappa shape index (κ2) is 11.4. The summed E-state index contributed by atoms with van der Waals surface area (Å²) in [6.07, 6.45) is 0.846. The predicted octanol–water partition coefficient (Wildman–Crippen LogP) is 2.42. The Balaban J connectivity index is 1.20. The van der Waals surface area contributed by atoms with E-state index in [0.717, 1.165) is 23.2 Å². The molecule has 0 unspecified atom stereocenters. The molecule has 2 aromatic carbocycles. The molecule has 182 valence electrons. The van der Waals surface area contributed by atoms with E-state index in [1.54, 1.807) is 11.0 Å². The van der Waals surface area contributed by atoms with Crippen LogP contribution in [0, 0.1) is 0 Å². The van der Waals surface area contributed by atoms with Gasteiger partial charge in [-0.1, -0.05) is 60.6 Å². The van der Waals surface area contributed by atoms with Gasteiger partial charge in [0.15, 0.2) is 11.5 Å².